The van der Waals surface area contributed by atoms with Crippen molar-refractivity contribution >= 4 is 38.7 Å². The van der Waals surface area contributed by atoms with E-state index in [4.69, 9.17) is 17.0 Å². The van der Waals surface area contributed by atoms with Crippen LogP contribution in [0.15, 0.2) is 72.9 Å². The molecule has 0 aliphatic carbocycles. The summed E-state index contributed by atoms with van der Waals surface area (Å²) in [5.74, 6) is 0.0618. The third kappa shape index (κ3) is 5.19. The van der Waals surface area contributed by atoms with Gasteiger partial charge in [0, 0.05) is 29.0 Å². The van der Waals surface area contributed by atoms with Gasteiger partial charge in [0.1, 0.15) is 11.6 Å². The van der Waals surface area contributed by atoms with Crippen LogP contribution in [0.25, 0.3) is 5.69 Å². The topological polar surface area (TPSA) is 88.5 Å². The minimum Gasteiger partial charge on any atom is -0.495 e. The maximum Gasteiger partial charge on any atom is 0.229 e. The lowest BCUT2D eigenvalue weighted by molar-refractivity contribution is 0.417. The fourth-order valence-electron chi connectivity index (χ4n) is 5.17. The summed E-state index contributed by atoms with van der Waals surface area (Å²) >= 11 is 5.85. The number of aromatic nitrogens is 2. The van der Waals surface area contributed by atoms with E-state index >= 15 is 0 Å². The van der Waals surface area contributed by atoms with Gasteiger partial charge in [-0.25, -0.2) is 12.8 Å². The maximum atomic E-state index is 14.1. The summed E-state index contributed by atoms with van der Waals surface area (Å²) in [6.07, 6.45) is 2.82. The standard InChI is InChI=1S/C28H28FN5O3S2/c1-17-14-22(18(2)33(17)20-9-7-8-19(29)15-20)27-26(23-10-5-6-13-30-23)31-28(38)34(27)21-11-12-25(37-3)24(16-21)32-39(4,35)36/h5-16,26-27,32H,1-4H3,(H,31,38)/t26-,27+/m0/s1. The summed E-state index contributed by atoms with van der Waals surface area (Å²) < 4.78 is 48.2. The zero-order chi connectivity index (χ0) is 27.9. The summed E-state index contributed by atoms with van der Waals surface area (Å²) in [6, 6.07) is 18.8. The lowest BCUT2D eigenvalue weighted by Crippen LogP contribution is -2.29. The Morgan fingerprint density at radius 2 is 1.85 bits per heavy atom. The number of hydrogen-bond donors (Lipinski definition) is 2. The van der Waals surface area contributed by atoms with Crippen LogP contribution in [0.1, 0.15) is 34.7 Å². The molecule has 1 aliphatic heterocycles. The Morgan fingerprint density at radius 1 is 1.05 bits per heavy atom. The summed E-state index contributed by atoms with van der Waals surface area (Å²) in [4.78, 5) is 6.56. The molecule has 2 aromatic heterocycles. The number of benzene rings is 2. The number of rotatable bonds is 7. The van der Waals surface area contributed by atoms with Gasteiger partial charge in [-0.15, -0.1) is 0 Å². The molecule has 39 heavy (non-hydrogen) atoms. The lowest BCUT2D eigenvalue weighted by atomic mass is 9.96. The van der Waals surface area contributed by atoms with Crippen molar-refractivity contribution in [2.24, 2.45) is 0 Å². The Balaban J connectivity index is 1.69. The molecule has 2 aromatic carbocycles. The van der Waals surface area contributed by atoms with Gasteiger partial charge in [0.2, 0.25) is 10.0 Å². The number of nitrogens with one attached hydrogen (secondary N) is 2. The van der Waals surface area contributed by atoms with E-state index in [1.807, 2.05) is 53.6 Å². The molecule has 2 atom stereocenters. The Bertz CT molecular complexity index is 1660. The third-order valence-corrected chi connectivity index (χ3v) is 7.62. The molecule has 202 valence electrons. The Morgan fingerprint density at radius 3 is 2.51 bits per heavy atom. The number of anilines is 2. The van der Waals surface area contributed by atoms with E-state index in [0.717, 1.165) is 34.6 Å². The number of ether oxygens (including phenoxy) is 1. The second-order valence-corrected chi connectivity index (χ2v) is 11.5. The molecule has 0 unspecified atom stereocenters. The second-order valence-electron chi connectivity index (χ2n) is 9.40. The highest BCUT2D eigenvalue weighted by molar-refractivity contribution is 7.92. The first-order valence-electron chi connectivity index (χ1n) is 12.2. The summed E-state index contributed by atoms with van der Waals surface area (Å²) in [5.41, 5.74) is 5.29. The summed E-state index contributed by atoms with van der Waals surface area (Å²) in [5, 5.41) is 3.88. The molecule has 4 aromatic rings. The van der Waals surface area contributed by atoms with E-state index in [0.29, 0.717) is 22.2 Å². The molecule has 0 saturated carbocycles. The molecule has 11 heteroatoms. The van der Waals surface area contributed by atoms with Crippen LogP contribution in [-0.2, 0) is 10.0 Å². The molecule has 1 fully saturated rings. The van der Waals surface area contributed by atoms with Gasteiger partial charge in [0.15, 0.2) is 5.11 Å². The molecule has 1 aliphatic rings. The molecule has 0 bridgehead atoms. The second kappa shape index (κ2) is 10.3. The SMILES string of the molecule is COc1ccc(N2C(=S)N[C@@H](c3ccccn3)[C@H]2c2cc(C)n(-c3cccc(F)c3)c2C)cc1NS(C)(=O)=O. The predicted molar refractivity (Wildman–Crippen MR) is 155 cm³/mol. The lowest BCUT2D eigenvalue weighted by Gasteiger charge is -2.29. The average molecular weight is 566 g/mol. The van der Waals surface area contributed by atoms with Crippen molar-refractivity contribution in [3.8, 4) is 11.4 Å². The Kier molecular flexibility index (Phi) is 7.04. The fraction of sp³-hybridized carbons (Fsp3) is 0.214. The molecule has 8 nitrogen and oxygen atoms in total. The van der Waals surface area contributed by atoms with Gasteiger partial charge in [0.25, 0.3) is 0 Å². The smallest absolute Gasteiger partial charge is 0.229 e. The first-order chi connectivity index (χ1) is 18.6. The molecular weight excluding hydrogens is 537 g/mol. The number of hydrogen-bond acceptors (Lipinski definition) is 5. The molecule has 0 spiro atoms. The van der Waals surface area contributed by atoms with Crippen LogP contribution in [0.2, 0.25) is 0 Å². The van der Waals surface area contributed by atoms with Gasteiger partial charge in [0.05, 0.1) is 36.8 Å². The largest absolute Gasteiger partial charge is 0.495 e. The first kappa shape index (κ1) is 26.6. The molecule has 3 heterocycles. The van der Waals surface area contributed by atoms with Crippen LogP contribution in [0, 0.1) is 19.7 Å². The average Bonchev–Trinajstić information content (AvgIpc) is 3.38. The number of sulfonamides is 1. The number of aryl methyl sites for hydroxylation is 1. The highest BCUT2D eigenvalue weighted by Gasteiger charge is 2.42. The molecule has 1 saturated heterocycles. The van der Waals surface area contributed by atoms with Crippen LogP contribution in [-0.4, -0.2) is 36.4 Å². The monoisotopic (exact) mass is 565 g/mol. The zero-order valence-electron chi connectivity index (χ0n) is 21.8. The zero-order valence-corrected chi connectivity index (χ0v) is 23.5. The van der Waals surface area contributed by atoms with Gasteiger partial charge >= 0.3 is 0 Å². The van der Waals surface area contributed by atoms with Gasteiger partial charge in [-0.2, -0.15) is 0 Å². The van der Waals surface area contributed by atoms with E-state index in [9.17, 15) is 12.8 Å². The fourth-order valence-corrected chi connectivity index (χ4v) is 6.08. The molecule has 0 radical (unpaired) electrons. The van der Waals surface area contributed by atoms with E-state index in [2.05, 4.69) is 21.1 Å². The predicted octanol–water partition coefficient (Wildman–Crippen LogP) is 5.19. The number of halogens is 1. The summed E-state index contributed by atoms with van der Waals surface area (Å²) in [6.45, 7) is 3.97. The van der Waals surface area contributed by atoms with Gasteiger partial charge in [-0.1, -0.05) is 12.1 Å². The van der Waals surface area contributed by atoms with Crippen LogP contribution in [0.5, 0.6) is 5.75 Å². The van der Waals surface area contributed by atoms with Crippen molar-refractivity contribution in [2.75, 3.05) is 23.0 Å². The van der Waals surface area contributed by atoms with Crippen LogP contribution < -0.4 is 19.7 Å². The normalized spacial score (nSPS) is 17.3. The van der Waals surface area contributed by atoms with Crippen molar-refractivity contribution in [1.29, 1.82) is 0 Å². The Labute approximate surface area is 232 Å². The van der Waals surface area contributed by atoms with E-state index in [1.165, 1.54) is 19.2 Å². The molecule has 2 N–H and O–H groups in total. The third-order valence-electron chi connectivity index (χ3n) is 6.71. The molecule has 5 rings (SSSR count). The minimum absolute atomic E-state index is 0.297. The van der Waals surface area contributed by atoms with Crippen molar-refractivity contribution in [3.63, 3.8) is 0 Å². The first-order valence-corrected chi connectivity index (χ1v) is 14.5. The van der Waals surface area contributed by atoms with E-state index in [1.54, 1.807) is 24.4 Å². The highest BCUT2D eigenvalue weighted by atomic mass is 32.2. The molecular formula is C28H28FN5O3S2. The van der Waals surface area contributed by atoms with Crippen molar-refractivity contribution in [2.45, 2.75) is 25.9 Å². The Hall–Kier alpha value is -3.96. The highest BCUT2D eigenvalue weighted by Crippen LogP contribution is 2.45. The van der Waals surface area contributed by atoms with Crippen LogP contribution in [0.4, 0.5) is 15.8 Å². The van der Waals surface area contributed by atoms with Crippen molar-refractivity contribution < 1.29 is 17.5 Å². The van der Waals surface area contributed by atoms with Crippen molar-refractivity contribution in [3.05, 3.63) is 101 Å². The summed E-state index contributed by atoms with van der Waals surface area (Å²) in [7, 11) is -2.09. The number of thiocarbonyl (C=S) groups is 1. The number of nitrogens with zero attached hydrogens (tertiary/aromatic N) is 3. The van der Waals surface area contributed by atoms with E-state index < -0.39 is 10.0 Å². The van der Waals surface area contributed by atoms with Gasteiger partial charge < -0.3 is 19.5 Å². The van der Waals surface area contributed by atoms with Crippen LogP contribution in [0.3, 0.4) is 0 Å². The van der Waals surface area contributed by atoms with Crippen molar-refractivity contribution in [1.82, 2.24) is 14.9 Å². The number of methoxy groups -OCH3 is 1. The minimum atomic E-state index is -3.57. The molecule has 0 amide bonds. The quantitative estimate of drug-likeness (QED) is 0.298. The van der Waals surface area contributed by atoms with Gasteiger partial charge in [-0.05, 0) is 86.2 Å². The van der Waals surface area contributed by atoms with E-state index in [-0.39, 0.29) is 17.9 Å². The maximum absolute atomic E-state index is 14.1. The number of pyridine rings is 1. The van der Waals surface area contributed by atoms with Crippen LogP contribution >= 0.6 is 12.2 Å². The van der Waals surface area contributed by atoms with Gasteiger partial charge in [-0.3, -0.25) is 9.71 Å².